The van der Waals surface area contributed by atoms with Gasteiger partial charge in [-0.3, -0.25) is 4.90 Å². The third-order valence-electron chi connectivity index (χ3n) is 3.09. The molecule has 0 spiro atoms. The number of thioether (sulfide) groups is 1. The summed E-state index contributed by atoms with van der Waals surface area (Å²) in [6.07, 6.45) is 0. The summed E-state index contributed by atoms with van der Waals surface area (Å²) in [5, 5.41) is 12.2. The van der Waals surface area contributed by atoms with Gasteiger partial charge in [-0.1, -0.05) is 12.1 Å². The minimum atomic E-state index is -0.362. The topological polar surface area (TPSA) is 61.8 Å². The predicted octanol–water partition coefficient (Wildman–Crippen LogP) is 1.86. The van der Waals surface area contributed by atoms with Crippen LogP contribution in [-0.2, 0) is 6.54 Å². The van der Waals surface area contributed by atoms with E-state index in [4.69, 9.17) is 10.9 Å². The first kappa shape index (κ1) is 14.1. The molecule has 0 saturated carbocycles. The van der Waals surface area contributed by atoms with Crippen LogP contribution in [0.25, 0.3) is 0 Å². The number of nitrogens with two attached hydrogens (primary N) is 1. The van der Waals surface area contributed by atoms with Gasteiger partial charge in [0.25, 0.3) is 0 Å². The molecule has 1 aromatic carbocycles. The molecule has 4 nitrogen and oxygen atoms in total. The second-order valence-electron chi connectivity index (χ2n) is 4.75. The van der Waals surface area contributed by atoms with E-state index in [0.29, 0.717) is 17.4 Å². The van der Waals surface area contributed by atoms with Gasteiger partial charge in [-0.25, -0.2) is 4.39 Å². The average molecular weight is 283 g/mol. The van der Waals surface area contributed by atoms with Crippen LogP contribution in [0.2, 0.25) is 0 Å². The van der Waals surface area contributed by atoms with Gasteiger partial charge in [0, 0.05) is 36.2 Å². The number of hydrogen-bond acceptors (Lipinski definition) is 4. The number of hydrogen-bond donors (Lipinski definition) is 2. The number of halogens is 1. The maximum atomic E-state index is 13.5. The van der Waals surface area contributed by atoms with Gasteiger partial charge in [-0.05, 0) is 23.8 Å². The summed E-state index contributed by atoms with van der Waals surface area (Å²) in [6, 6.07) is 4.54. The second-order valence-corrected chi connectivity index (χ2v) is 6.30. The summed E-state index contributed by atoms with van der Waals surface area (Å²) in [5.74, 6) is 0.672. The van der Waals surface area contributed by atoms with Crippen molar-refractivity contribution >= 4 is 17.6 Å². The van der Waals surface area contributed by atoms with Crippen LogP contribution in [0.5, 0.6) is 0 Å². The summed E-state index contributed by atoms with van der Waals surface area (Å²) >= 11 is 1.96. The molecule has 3 N–H and O–H groups in total. The first-order chi connectivity index (χ1) is 9.08. The monoisotopic (exact) mass is 283 g/mol. The summed E-state index contributed by atoms with van der Waals surface area (Å²) in [4.78, 5) is 2.30. The fraction of sp³-hybridized carbons (Fsp3) is 0.462. The molecule has 1 saturated heterocycles. The Balaban J connectivity index is 2.13. The molecular formula is C13H18FN3OS. The van der Waals surface area contributed by atoms with Crippen LogP contribution >= 0.6 is 11.8 Å². The molecule has 0 aliphatic carbocycles. The third kappa shape index (κ3) is 3.84. The maximum Gasteiger partial charge on any atom is 0.170 e. The zero-order valence-electron chi connectivity index (χ0n) is 10.8. The van der Waals surface area contributed by atoms with E-state index in [1.807, 2.05) is 11.8 Å². The molecule has 0 bridgehead atoms. The highest BCUT2D eigenvalue weighted by Crippen LogP contribution is 2.20. The highest BCUT2D eigenvalue weighted by molar-refractivity contribution is 7.99. The van der Waals surface area contributed by atoms with Gasteiger partial charge in [0.1, 0.15) is 5.82 Å². The molecule has 1 aliphatic heterocycles. The molecule has 2 rings (SSSR count). The average Bonchev–Trinajstić information content (AvgIpc) is 2.37. The fourth-order valence-electron chi connectivity index (χ4n) is 2.24. The van der Waals surface area contributed by atoms with E-state index in [2.05, 4.69) is 17.0 Å². The van der Waals surface area contributed by atoms with E-state index < -0.39 is 0 Å². The number of oxime groups is 1. The standard InChI is InChI=1S/C13H18FN3OS/c1-9-7-17(2-3-19-9)8-10-4-11(13(15)16-18)6-12(14)5-10/h4-6,9,18H,2-3,7-8H2,1H3,(H2,15,16). The van der Waals surface area contributed by atoms with Crippen molar-refractivity contribution in [3.63, 3.8) is 0 Å². The molecule has 1 aromatic rings. The summed E-state index contributed by atoms with van der Waals surface area (Å²) in [7, 11) is 0. The first-order valence-electron chi connectivity index (χ1n) is 6.20. The Bertz CT molecular complexity index is 481. The maximum absolute atomic E-state index is 13.5. The molecule has 19 heavy (non-hydrogen) atoms. The summed E-state index contributed by atoms with van der Waals surface area (Å²) in [6.45, 7) is 4.89. The van der Waals surface area contributed by atoms with Crippen molar-refractivity contribution in [3.05, 3.63) is 35.1 Å². The normalized spacial score (nSPS) is 21.6. The quantitative estimate of drug-likeness (QED) is 0.385. The van der Waals surface area contributed by atoms with Crippen molar-refractivity contribution in [2.45, 2.75) is 18.7 Å². The second kappa shape index (κ2) is 6.25. The Kier molecular flexibility index (Phi) is 4.66. The lowest BCUT2D eigenvalue weighted by Crippen LogP contribution is -2.36. The van der Waals surface area contributed by atoms with E-state index >= 15 is 0 Å². The van der Waals surface area contributed by atoms with Crippen molar-refractivity contribution in [3.8, 4) is 0 Å². The lowest BCUT2D eigenvalue weighted by atomic mass is 10.1. The molecule has 0 aromatic heterocycles. The van der Waals surface area contributed by atoms with Crippen molar-refractivity contribution in [1.29, 1.82) is 0 Å². The molecule has 1 fully saturated rings. The highest BCUT2D eigenvalue weighted by Gasteiger charge is 2.17. The van der Waals surface area contributed by atoms with Gasteiger partial charge in [0.2, 0.25) is 0 Å². The molecule has 104 valence electrons. The molecule has 1 heterocycles. The van der Waals surface area contributed by atoms with Gasteiger partial charge in [-0.15, -0.1) is 0 Å². The van der Waals surface area contributed by atoms with E-state index in [-0.39, 0.29) is 11.7 Å². The van der Waals surface area contributed by atoms with Crippen molar-refractivity contribution in [2.75, 3.05) is 18.8 Å². The van der Waals surface area contributed by atoms with Crippen LogP contribution in [0, 0.1) is 5.82 Å². The van der Waals surface area contributed by atoms with E-state index in [1.165, 1.54) is 12.1 Å². The molecule has 0 radical (unpaired) electrons. The van der Waals surface area contributed by atoms with Gasteiger partial charge in [0.15, 0.2) is 5.84 Å². The lowest BCUT2D eigenvalue weighted by Gasteiger charge is -2.30. The molecule has 0 amide bonds. The number of rotatable bonds is 3. The van der Waals surface area contributed by atoms with Gasteiger partial charge in [-0.2, -0.15) is 11.8 Å². The van der Waals surface area contributed by atoms with E-state index in [1.54, 1.807) is 6.07 Å². The zero-order valence-corrected chi connectivity index (χ0v) is 11.7. The van der Waals surface area contributed by atoms with Crippen LogP contribution in [0.3, 0.4) is 0 Å². The number of benzene rings is 1. The lowest BCUT2D eigenvalue weighted by molar-refractivity contribution is 0.278. The SMILES string of the molecule is CC1CN(Cc2cc(F)cc(/C(N)=N/O)c2)CCS1. The Morgan fingerprint density at radius 1 is 1.58 bits per heavy atom. The van der Waals surface area contributed by atoms with Crippen LogP contribution in [0.1, 0.15) is 18.1 Å². The Labute approximate surface area is 116 Å². The molecule has 1 unspecified atom stereocenters. The molecule has 1 atom stereocenters. The Hall–Kier alpha value is -1.27. The first-order valence-corrected chi connectivity index (χ1v) is 7.24. The van der Waals surface area contributed by atoms with Gasteiger partial charge in [0.05, 0.1) is 0 Å². The predicted molar refractivity (Wildman–Crippen MR) is 76.1 cm³/mol. The smallest absolute Gasteiger partial charge is 0.170 e. The molecule has 1 aliphatic rings. The van der Waals surface area contributed by atoms with Gasteiger partial charge >= 0.3 is 0 Å². The van der Waals surface area contributed by atoms with Crippen LogP contribution in [0.15, 0.2) is 23.4 Å². The van der Waals surface area contributed by atoms with Crippen LogP contribution in [-0.4, -0.2) is 40.0 Å². The van der Waals surface area contributed by atoms with Gasteiger partial charge < -0.3 is 10.9 Å². The number of amidine groups is 1. The minimum absolute atomic E-state index is 0.0664. The van der Waals surface area contributed by atoms with Crippen LogP contribution in [0.4, 0.5) is 4.39 Å². The summed E-state index contributed by atoms with van der Waals surface area (Å²) < 4.78 is 13.5. The minimum Gasteiger partial charge on any atom is -0.409 e. The number of nitrogens with zero attached hydrogens (tertiary/aromatic N) is 2. The molecular weight excluding hydrogens is 265 g/mol. The largest absolute Gasteiger partial charge is 0.409 e. The van der Waals surface area contributed by atoms with Crippen LogP contribution < -0.4 is 5.73 Å². The Morgan fingerprint density at radius 2 is 2.37 bits per heavy atom. The van der Waals surface area contributed by atoms with E-state index in [0.717, 1.165) is 24.4 Å². The summed E-state index contributed by atoms with van der Waals surface area (Å²) in [5.41, 5.74) is 6.77. The molecule has 6 heteroatoms. The fourth-order valence-corrected chi connectivity index (χ4v) is 3.32. The Morgan fingerprint density at radius 3 is 3.05 bits per heavy atom. The van der Waals surface area contributed by atoms with Crippen molar-refractivity contribution in [1.82, 2.24) is 4.90 Å². The third-order valence-corrected chi connectivity index (χ3v) is 4.23. The van der Waals surface area contributed by atoms with Crippen molar-refractivity contribution < 1.29 is 9.60 Å². The zero-order chi connectivity index (χ0) is 13.8. The highest BCUT2D eigenvalue weighted by atomic mass is 32.2. The van der Waals surface area contributed by atoms with E-state index in [9.17, 15) is 4.39 Å². The van der Waals surface area contributed by atoms with Crippen molar-refractivity contribution in [2.24, 2.45) is 10.9 Å².